The van der Waals surface area contributed by atoms with Gasteiger partial charge in [-0.15, -0.1) is 0 Å². The van der Waals surface area contributed by atoms with Crippen LogP contribution in [0.1, 0.15) is 0 Å². The standard InChI is InChI=1S/C16H14N2O7S2/c1-24-14-5-3-11(9-15(14)26(17,20)21)18-27(22,23)12-4-6-13-10(8-12)2-7-16(19)25-13/h2-9,18H,1H3,(H2,17,20,21). The molecule has 0 saturated carbocycles. The van der Waals surface area contributed by atoms with Gasteiger partial charge in [0.15, 0.2) is 0 Å². The maximum Gasteiger partial charge on any atom is 0.336 e. The molecule has 0 aliphatic carbocycles. The van der Waals surface area contributed by atoms with Gasteiger partial charge >= 0.3 is 5.63 Å². The van der Waals surface area contributed by atoms with E-state index in [1.807, 2.05) is 0 Å². The monoisotopic (exact) mass is 410 g/mol. The van der Waals surface area contributed by atoms with Crippen LogP contribution < -0.4 is 20.2 Å². The number of rotatable bonds is 5. The molecule has 9 nitrogen and oxygen atoms in total. The minimum atomic E-state index is -4.12. The van der Waals surface area contributed by atoms with E-state index in [9.17, 15) is 21.6 Å². The summed E-state index contributed by atoms with van der Waals surface area (Å²) in [4.78, 5) is 10.7. The van der Waals surface area contributed by atoms with Crippen molar-refractivity contribution in [3.63, 3.8) is 0 Å². The Balaban J connectivity index is 2.02. The smallest absolute Gasteiger partial charge is 0.336 e. The molecule has 3 rings (SSSR count). The first-order valence-corrected chi connectivity index (χ1v) is 10.4. The third-order valence-electron chi connectivity index (χ3n) is 3.62. The molecule has 0 unspecified atom stereocenters. The number of nitrogens with one attached hydrogen (secondary N) is 1. The number of nitrogens with two attached hydrogens (primary N) is 1. The molecular formula is C16H14N2O7S2. The largest absolute Gasteiger partial charge is 0.495 e. The normalized spacial score (nSPS) is 12.1. The molecular weight excluding hydrogens is 396 g/mol. The van der Waals surface area contributed by atoms with Crippen molar-refractivity contribution in [1.29, 1.82) is 0 Å². The molecule has 0 aliphatic rings. The molecule has 27 heavy (non-hydrogen) atoms. The van der Waals surface area contributed by atoms with Crippen molar-refractivity contribution >= 4 is 36.7 Å². The molecule has 0 fully saturated rings. The Bertz CT molecular complexity index is 1300. The van der Waals surface area contributed by atoms with Crippen LogP contribution in [0.2, 0.25) is 0 Å². The Morgan fingerprint density at radius 3 is 2.41 bits per heavy atom. The molecule has 1 aromatic heterocycles. The van der Waals surface area contributed by atoms with E-state index in [-0.39, 0.29) is 26.8 Å². The van der Waals surface area contributed by atoms with Crippen molar-refractivity contribution in [2.24, 2.45) is 5.14 Å². The molecule has 0 spiro atoms. The van der Waals surface area contributed by atoms with Gasteiger partial charge in [0.2, 0.25) is 10.0 Å². The first kappa shape index (κ1) is 18.9. The fourth-order valence-corrected chi connectivity index (χ4v) is 4.20. The Morgan fingerprint density at radius 1 is 1.00 bits per heavy atom. The zero-order valence-corrected chi connectivity index (χ0v) is 15.5. The zero-order chi connectivity index (χ0) is 19.8. The number of sulfonamides is 2. The van der Waals surface area contributed by atoms with Crippen molar-refractivity contribution in [2.75, 3.05) is 11.8 Å². The third-order valence-corrected chi connectivity index (χ3v) is 5.93. The molecule has 0 aliphatic heterocycles. The van der Waals surface area contributed by atoms with Crippen LogP contribution in [0.3, 0.4) is 0 Å². The van der Waals surface area contributed by atoms with Crippen LogP contribution >= 0.6 is 0 Å². The number of anilines is 1. The van der Waals surface area contributed by atoms with Gasteiger partial charge in [0, 0.05) is 11.5 Å². The molecule has 1 heterocycles. The lowest BCUT2D eigenvalue weighted by atomic mass is 10.2. The third kappa shape index (κ3) is 3.94. The lowest BCUT2D eigenvalue weighted by Crippen LogP contribution is -2.16. The second kappa shape index (κ2) is 6.68. The van der Waals surface area contributed by atoms with Crippen LogP contribution in [0.15, 0.2) is 67.5 Å². The van der Waals surface area contributed by atoms with Gasteiger partial charge in [-0.2, -0.15) is 0 Å². The van der Waals surface area contributed by atoms with E-state index >= 15 is 0 Å². The highest BCUT2D eigenvalue weighted by atomic mass is 32.2. The molecule has 0 saturated heterocycles. The van der Waals surface area contributed by atoms with Gasteiger partial charge in [-0.3, -0.25) is 4.72 Å². The SMILES string of the molecule is COc1ccc(NS(=O)(=O)c2ccc3oc(=O)ccc3c2)cc1S(N)(=O)=O. The van der Waals surface area contributed by atoms with Crippen LogP contribution in [0, 0.1) is 0 Å². The quantitative estimate of drug-likeness (QED) is 0.602. The lowest BCUT2D eigenvalue weighted by Gasteiger charge is -2.12. The summed E-state index contributed by atoms with van der Waals surface area (Å²) in [5.41, 5.74) is -0.327. The molecule has 0 atom stereocenters. The van der Waals surface area contributed by atoms with Gasteiger partial charge in [-0.05, 0) is 42.5 Å². The van der Waals surface area contributed by atoms with E-state index in [1.165, 1.54) is 49.6 Å². The lowest BCUT2D eigenvalue weighted by molar-refractivity contribution is 0.403. The van der Waals surface area contributed by atoms with Crippen LogP contribution in [-0.4, -0.2) is 23.9 Å². The minimum Gasteiger partial charge on any atom is -0.495 e. The van der Waals surface area contributed by atoms with Crippen molar-refractivity contribution in [1.82, 2.24) is 0 Å². The molecule has 2 aromatic carbocycles. The second-order valence-electron chi connectivity index (χ2n) is 5.47. The summed E-state index contributed by atoms with van der Waals surface area (Å²) in [5.74, 6) is -0.0128. The van der Waals surface area contributed by atoms with Gasteiger partial charge in [0.25, 0.3) is 10.0 Å². The Morgan fingerprint density at radius 2 is 1.74 bits per heavy atom. The number of benzene rings is 2. The number of ether oxygens (including phenoxy) is 1. The van der Waals surface area contributed by atoms with E-state index < -0.39 is 25.7 Å². The summed E-state index contributed by atoms with van der Waals surface area (Å²) in [7, 11) is -6.90. The summed E-state index contributed by atoms with van der Waals surface area (Å²) >= 11 is 0. The fraction of sp³-hybridized carbons (Fsp3) is 0.0625. The second-order valence-corrected chi connectivity index (χ2v) is 8.68. The number of hydrogen-bond acceptors (Lipinski definition) is 7. The first-order valence-electron chi connectivity index (χ1n) is 7.38. The summed E-state index contributed by atoms with van der Waals surface area (Å²) in [5, 5.41) is 5.54. The predicted molar refractivity (Wildman–Crippen MR) is 97.7 cm³/mol. The number of methoxy groups -OCH3 is 1. The maximum atomic E-state index is 12.6. The van der Waals surface area contributed by atoms with Gasteiger partial charge in [0.05, 0.1) is 17.7 Å². The summed E-state index contributed by atoms with van der Waals surface area (Å²) < 4.78 is 60.7. The highest BCUT2D eigenvalue weighted by Gasteiger charge is 2.19. The summed E-state index contributed by atoms with van der Waals surface area (Å²) in [6, 6.07) is 10.2. The Kier molecular flexibility index (Phi) is 4.68. The average molecular weight is 410 g/mol. The number of fused-ring (bicyclic) bond motifs is 1. The fourth-order valence-electron chi connectivity index (χ4n) is 2.39. The van der Waals surface area contributed by atoms with E-state index in [0.717, 1.165) is 6.07 Å². The maximum absolute atomic E-state index is 12.6. The van der Waals surface area contributed by atoms with E-state index in [0.29, 0.717) is 5.39 Å². The van der Waals surface area contributed by atoms with Crippen LogP contribution in [0.25, 0.3) is 11.0 Å². The average Bonchev–Trinajstić information content (AvgIpc) is 2.60. The molecule has 0 radical (unpaired) electrons. The molecule has 142 valence electrons. The summed E-state index contributed by atoms with van der Waals surface area (Å²) in [6.45, 7) is 0. The van der Waals surface area contributed by atoms with Gasteiger partial charge in [0.1, 0.15) is 16.2 Å². The van der Waals surface area contributed by atoms with Crippen molar-refractivity contribution in [3.05, 3.63) is 59.0 Å². The Labute approximate surface area is 154 Å². The minimum absolute atomic E-state index is 0.0128. The topological polar surface area (TPSA) is 146 Å². The van der Waals surface area contributed by atoms with Crippen molar-refractivity contribution in [2.45, 2.75) is 9.79 Å². The predicted octanol–water partition coefficient (Wildman–Crippen LogP) is 1.25. The van der Waals surface area contributed by atoms with Crippen molar-refractivity contribution < 1.29 is 26.0 Å². The molecule has 0 amide bonds. The highest BCUT2D eigenvalue weighted by Crippen LogP contribution is 2.28. The first-order chi connectivity index (χ1) is 12.6. The van der Waals surface area contributed by atoms with Crippen LogP contribution in [-0.2, 0) is 20.0 Å². The van der Waals surface area contributed by atoms with Crippen LogP contribution in [0.5, 0.6) is 5.75 Å². The van der Waals surface area contributed by atoms with E-state index in [2.05, 4.69) is 4.72 Å². The Hall–Kier alpha value is -2.89. The summed E-state index contributed by atoms with van der Waals surface area (Å²) in [6.07, 6.45) is 0. The zero-order valence-electron chi connectivity index (χ0n) is 13.9. The number of hydrogen-bond donors (Lipinski definition) is 2. The number of primary sulfonamides is 1. The molecule has 11 heteroatoms. The van der Waals surface area contributed by atoms with E-state index in [4.69, 9.17) is 14.3 Å². The van der Waals surface area contributed by atoms with Gasteiger partial charge in [-0.25, -0.2) is 26.8 Å². The highest BCUT2D eigenvalue weighted by molar-refractivity contribution is 7.92. The van der Waals surface area contributed by atoms with E-state index in [1.54, 1.807) is 0 Å². The molecule has 3 N–H and O–H groups in total. The molecule has 3 aromatic rings. The van der Waals surface area contributed by atoms with Crippen molar-refractivity contribution in [3.8, 4) is 5.75 Å². The van der Waals surface area contributed by atoms with Crippen LogP contribution in [0.4, 0.5) is 5.69 Å². The molecule has 0 bridgehead atoms. The van der Waals surface area contributed by atoms with Gasteiger partial charge in [-0.1, -0.05) is 0 Å². The van der Waals surface area contributed by atoms with Gasteiger partial charge < -0.3 is 9.15 Å².